The third kappa shape index (κ3) is 1.73. The topological polar surface area (TPSA) is 12.0 Å². The van der Waals surface area contributed by atoms with Gasteiger partial charge in [-0.1, -0.05) is 35.0 Å². The predicted octanol–water partition coefficient (Wildman–Crippen LogP) is 3.16. The molecule has 0 spiro atoms. The summed E-state index contributed by atoms with van der Waals surface area (Å²) in [6, 6.07) is 9.39. The van der Waals surface area contributed by atoms with Crippen LogP contribution in [0.15, 0.2) is 28.7 Å². The first-order valence-electron chi connectivity index (χ1n) is 5.15. The smallest absolute Gasteiger partial charge is 0.0178 e. The second-order valence-corrected chi connectivity index (χ2v) is 5.07. The lowest BCUT2D eigenvalue weighted by Gasteiger charge is -2.43. The molecule has 0 amide bonds. The Morgan fingerprint density at radius 3 is 2.79 bits per heavy atom. The van der Waals surface area contributed by atoms with Crippen molar-refractivity contribution >= 4 is 15.9 Å². The molecule has 1 aromatic rings. The van der Waals surface area contributed by atoms with E-state index >= 15 is 0 Å². The number of nitrogens with one attached hydrogen (secondary N) is 1. The van der Waals surface area contributed by atoms with Crippen LogP contribution in [0.5, 0.6) is 0 Å². The lowest BCUT2D eigenvalue weighted by molar-refractivity contribution is 0.194. The monoisotopic (exact) mass is 253 g/mol. The molecule has 76 valence electrons. The molecular weight excluding hydrogens is 238 g/mol. The van der Waals surface area contributed by atoms with E-state index in [1.165, 1.54) is 16.5 Å². The highest BCUT2D eigenvalue weighted by molar-refractivity contribution is 9.10. The molecule has 0 bridgehead atoms. The number of halogens is 1. The van der Waals surface area contributed by atoms with Crippen LogP contribution < -0.4 is 5.32 Å². The first-order chi connectivity index (χ1) is 6.72. The van der Waals surface area contributed by atoms with Crippen LogP contribution in [0.4, 0.5) is 0 Å². The van der Waals surface area contributed by atoms with Gasteiger partial charge in [-0.3, -0.25) is 0 Å². The molecule has 2 heteroatoms. The quantitative estimate of drug-likeness (QED) is 0.854. The maximum Gasteiger partial charge on any atom is 0.0178 e. The van der Waals surface area contributed by atoms with E-state index in [4.69, 9.17) is 0 Å². The van der Waals surface area contributed by atoms with Gasteiger partial charge < -0.3 is 5.32 Å². The minimum atomic E-state index is 0.707. The molecular formula is C12H16BrN. The summed E-state index contributed by atoms with van der Waals surface area (Å²) in [5.74, 6) is 1.50. The molecule has 14 heavy (non-hydrogen) atoms. The lowest BCUT2D eigenvalue weighted by atomic mass is 9.67. The molecule has 1 N–H and O–H groups in total. The summed E-state index contributed by atoms with van der Waals surface area (Å²) in [6.07, 6.45) is 1.27. The summed E-state index contributed by atoms with van der Waals surface area (Å²) in [4.78, 5) is 0. The largest absolute Gasteiger partial charge is 0.317 e. The summed E-state index contributed by atoms with van der Waals surface area (Å²) in [5, 5.41) is 3.35. The Hall–Kier alpha value is -0.340. The van der Waals surface area contributed by atoms with Crippen molar-refractivity contribution in [3.8, 4) is 0 Å². The molecule has 1 aliphatic carbocycles. The molecule has 0 saturated heterocycles. The minimum Gasteiger partial charge on any atom is -0.317 e. The van der Waals surface area contributed by atoms with E-state index in [1.54, 1.807) is 0 Å². The van der Waals surface area contributed by atoms with Gasteiger partial charge in [0.1, 0.15) is 0 Å². The third-order valence-electron chi connectivity index (χ3n) is 3.42. The van der Waals surface area contributed by atoms with Crippen molar-refractivity contribution in [3.63, 3.8) is 0 Å². The van der Waals surface area contributed by atoms with Crippen LogP contribution in [0.3, 0.4) is 0 Å². The molecule has 0 aromatic heterocycles. The van der Waals surface area contributed by atoms with Crippen molar-refractivity contribution in [2.75, 3.05) is 7.05 Å². The molecule has 3 atom stereocenters. The summed E-state index contributed by atoms with van der Waals surface area (Å²) >= 11 is 3.52. The minimum absolute atomic E-state index is 0.707. The van der Waals surface area contributed by atoms with Gasteiger partial charge in [0.25, 0.3) is 0 Å². The number of rotatable bonds is 2. The normalized spacial score (nSPS) is 31.2. The second-order valence-electron chi connectivity index (χ2n) is 4.15. The first kappa shape index (κ1) is 10.2. The Labute approximate surface area is 94.0 Å². The van der Waals surface area contributed by atoms with Crippen molar-refractivity contribution in [1.29, 1.82) is 0 Å². The molecule has 3 unspecified atom stereocenters. The molecule has 1 aromatic carbocycles. The van der Waals surface area contributed by atoms with Gasteiger partial charge in [0.2, 0.25) is 0 Å². The van der Waals surface area contributed by atoms with Gasteiger partial charge in [0.05, 0.1) is 0 Å². The first-order valence-corrected chi connectivity index (χ1v) is 5.94. The van der Waals surface area contributed by atoms with E-state index in [0.717, 1.165) is 11.8 Å². The van der Waals surface area contributed by atoms with E-state index in [1.807, 2.05) is 0 Å². The standard InChI is InChI=1S/C12H16BrN/c1-8-11(7-12(8)14-2)9-4-3-5-10(13)6-9/h3-6,8,11-12,14H,7H2,1-2H3. The Kier molecular flexibility index (Phi) is 2.93. The molecule has 1 saturated carbocycles. The average molecular weight is 254 g/mol. The van der Waals surface area contributed by atoms with Gasteiger partial charge in [0, 0.05) is 10.5 Å². The van der Waals surface area contributed by atoms with Gasteiger partial charge in [-0.25, -0.2) is 0 Å². The Morgan fingerprint density at radius 1 is 1.43 bits per heavy atom. The van der Waals surface area contributed by atoms with Gasteiger partial charge in [0.15, 0.2) is 0 Å². The van der Waals surface area contributed by atoms with Crippen LogP contribution >= 0.6 is 15.9 Å². The summed E-state index contributed by atoms with van der Waals surface area (Å²) in [5.41, 5.74) is 1.47. The number of hydrogen-bond donors (Lipinski definition) is 1. The van der Waals surface area contributed by atoms with E-state index in [-0.39, 0.29) is 0 Å². The molecule has 0 aliphatic heterocycles. The van der Waals surface area contributed by atoms with E-state index in [0.29, 0.717) is 6.04 Å². The zero-order valence-electron chi connectivity index (χ0n) is 8.63. The zero-order valence-corrected chi connectivity index (χ0v) is 10.2. The molecule has 1 nitrogen and oxygen atoms in total. The van der Waals surface area contributed by atoms with Crippen molar-refractivity contribution < 1.29 is 0 Å². The SMILES string of the molecule is CNC1CC(c2cccc(Br)c2)C1C. The highest BCUT2D eigenvalue weighted by atomic mass is 79.9. The van der Waals surface area contributed by atoms with E-state index in [2.05, 4.69) is 59.5 Å². The summed E-state index contributed by atoms with van der Waals surface area (Å²) < 4.78 is 1.19. The summed E-state index contributed by atoms with van der Waals surface area (Å²) in [6.45, 7) is 2.33. The predicted molar refractivity (Wildman–Crippen MR) is 63.5 cm³/mol. The number of benzene rings is 1. The van der Waals surface area contributed by atoms with E-state index in [9.17, 15) is 0 Å². The fraction of sp³-hybridized carbons (Fsp3) is 0.500. The fourth-order valence-corrected chi connectivity index (χ4v) is 2.76. The van der Waals surface area contributed by atoms with Crippen LogP contribution in [0, 0.1) is 5.92 Å². The lowest BCUT2D eigenvalue weighted by Crippen LogP contribution is -2.46. The Morgan fingerprint density at radius 2 is 2.21 bits per heavy atom. The van der Waals surface area contributed by atoms with Crippen LogP contribution in [0.25, 0.3) is 0 Å². The zero-order chi connectivity index (χ0) is 10.1. The van der Waals surface area contributed by atoms with Gasteiger partial charge in [-0.05, 0) is 43.0 Å². The van der Waals surface area contributed by atoms with Crippen molar-refractivity contribution in [1.82, 2.24) is 5.32 Å². The Bertz CT molecular complexity index is 324. The Balaban J connectivity index is 2.11. The molecule has 0 radical (unpaired) electrons. The van der Waals surface area contributed by atoms with Crippen molar-refractivity contribution in [2.24, 2.45) is 5.92 Å². The summed E-state index contributed by atoms with van der Waals surface area (Å²) in [7, 11) is 2.05. The molecule has 1 aliphatic rings. The van der Waals surface area contributed by atoms with Crippen LogP contribution in [-0.4, -0.2) is 13.1 Å². The van der Waals surface area contributed by atoms with Crippen molar-refractivity contribution in [3.05, 3.63) is 34.3 Å². The van der Waals surface area contributed by atoms with Crippen LogP contribution in [0.1, 0.15) is 24.8 Å². The van der Waals surface area contributed by atoms with Crippen molar-refractivity contribution in [2.45, 2.75) is 25.3 Å². The van der Waals surface area contributed by atoms with Crippen LogP contribution in [0.2, 0.25) is 0 Å². The molecule has 1 fully saturated rings. The highest BCUT2D eigenvalue weighted by Crippen LogP contribution is 2.42. The molecule has 2 rings (SSSR count). The van der Waals surface area contributed by atoms with Gasteiger partial charge in [-0.2, -0.15) is 0 Å². The third-order valence-corrected chi connectivity index (χ3v) is 3.92. The highest BCUT2D eigenvalue weighted by Gasteiger charge is 2.37. The molecule has 0 heterocycles. The fourth-order valence-electron chi connectivity index (χ4n) is 2.35. The van der Waals surface area contributed by atoms with Gasteiger partial charge >= 0.3 is 0 Å². The van der Waals surface area contributed by atoms with Gasteiger partial charge in [-0.15, -0.1) is 0 Å². The average Bonchev–Trinajstić information content (AvgIpc) is 2.16. The van der Waals surface area contributed by atoms with E-state index < -0.39 is 0 Å². The maximum absolute atomic E-state index is 3.52. The van der Waals surface area contributed by atoms with Crippen LogP contribution in [-0.2, 0) is 0 Å². The second kappa shape index (κ2) is 4.03. The maximum atomic E-state index is 3.52. The number of hydrogen-bond acceptors (Lipinski definition) is 1.